The lowest BCUT2D eigenvalue weighted by molar-refractivity contribution is -0.270. The number of hydrogen-bond acceptors (Lipinski definition) is 14. The average molecular weight is 681 g/mol. The van der Waals surface area contributed by atoms with Crippen molar-refractivity contribution in [2.24, 2.45) is 0 Å². The Morgan fingerprint density at radius 2 is 1.23 bits per heavy atom. The molecular formula is C29H52N4O14. The zero-order chi connectivity index (χ0) is 34.9. The normalized spacial score (nSPS) is 31.2. The number of aliphatic hydroxyl groups excluding tert-OH is 6. The summed E-state index contributed by atoms with van der Waals surface area (Å²) in [5, 5.41) is 70.5. The van der Waals surface area contributed by atoms with Crippen LogP contribution in [0.4, 0.5) is 0 Å². The molecule has 2 fully saturated rings. The number of hydrogen-bond donors (Lipinski definition) is 10. The summed E-state index contributed by atoms with van der Waals surface area (Å²) in [6.07, 6.45) is -7.71. The van der Waals surface area contributed by atoms with Crippen LogP contribution in [0.25, 0.3) is 0 Å². The molecule has 0 aromatic carbocycles. The van der Waals surface area contributed by atoms with Crippen molar-refractivity contribution in [3.8, 4) is 0 Å². The molecule has 272 valence electrons. The molecule has 2 aliphatic rings. The highest BCUT2D eigenvalue weighted by molar-refractivity contribution is 5.77. The Hall–Kier alpha value is -2.52. The summed E-state index contributed by atoms with van der Waals surface area (Å²) in [5.41, 5.74) is 0. The fourth-order valence-electron chi connectivity index (χ4n) is 5.10. The van der Waals surface area contributed by atoms with Crippen molar-refractivity contribution >= 4 is 23.6 Å². The van der Waals surface area contributed by atoms with E-state index in [2.05, 4.69) is 21.3 Å². The van der Waals surface area contributed by atoms with Gasteiger partial charge in [0.25, 0.3) is 0 Å². The Morgan fingerprint density at radius 1 is 0.723 bits per heavy atom. The van der Waals surface area contributed by atoms with Crippen LogP contribution >= 0.6 is 0 Å². The zero-order valence-corrected chi connectivity index (χ0v) is 26.9. The predicted octanol–water partition coefficient (Wildman–Crippen LogP) is -4.13. The summed E-state index contributed by atoms with van der Waals surface area (Å²) < 4.78 is 22.3. The summed E-state index contributed by atoms with van der Waals surface area (Å²) in [4.78, 5) is 47.3. The summed E-state index contributed by atoms with van der Waals surface area (Å²) in [7, 11) is 0. The maximum Gasteiger partial charge on any atom is 0.220 e. The highest BCUT2D eigenvalue weighted by Gasteiger charge is 2.45. The molecule has 2 saturated heterocycles. The Labute approximate surface area is 273 Å². The van der Waals surface area contributed by atoms with Gasteiger partial charge in [-0.05, 0) is 25.7 Å². The number of carbonyl (C=O) groups is 4. The molecule has 18 nitrogen and oxygen atoms in total. The van der Waals surface area contributed by atoms with Crippen molar-refractivity contribution in [2.45, 2.75) is 120 Å². The smallest absolute Gasteiger partial charge is 0.220 e. The van der Waals surface area contributed by atoms with Gasteiger partial charge in [-0.1, -0.05) is 0 Å². The van der Waals surface area contributed by atoms with E-state index in [9.17, 15) is 49.8 Å². The third-order valence-corrected chi connectivity index (χ3v) is 7.57. The number of carbonyl (C=O) groups excluding carboxylic acids is 4. The third-order valence-electron chi connectivity index (χ3n) is 7.57. The van der Waals surface area contributed by atoms with Crippen LogP contribution in [0, 0.1) is 0 Å². The van der Waals surface area contributed by atoms with Crippen LogP contribution in [-0.4, -0.2) is 155 Å². The second kappa shape index (κ2) is 21.5. The quantitative estimate of drug-likeness (QED) is 0.0616. The second-order valence-corrected chi connectivity index (χ2v) is 11.7. The summed E-state index contributed by atoms with van der Waals surface area (Å²) in [6, 6.07) is -2.08. The molecule has 0 radical (unpaired) electrons. The van der Waals surface area contributed by atoms with Gasteiger partial charge in [-0.2, -0.15) is 0 Å². The van der Waals surface area contributed by atoms with E-state index in [-0.39, 0.29) is 64.0 Å². The van der Waals surface area contributed by atoms with Gasteiger partial charge in [0.05, 0.1) is 25.4 Å². The Kier molecular flexibility index (Phi) is 18.6. The largest absolute Gasteiger partial charge is 0.394 e. The van der Waals surface area contributed by atoms with Gasteiger partial charge in [0.1, 0.15) is 36.5 Å². The summed E-state index contributed by atoms with van der Waals surface area (Å²) in [5.74, 6) is -1.36. The molecule has 2 aliphatic heterocycles. The molecule has 4 amide bonds. The van der Waals surface area contributed by atoms with Crippen molar-refractivity contribution in [3.63, 3.8) is 0 Å². The van der Waals surface area contributed by atoms with Crippen molar-refractivity contribution in [3.05, 3.63) is 0 Å². The van der Waals surface area contributed by atoms with Gasteiger partial charge in [-0.15, -0.1) is 0 Å². The Bertz CT molecular complexity index is 977. The number of amides is 4. The highest BCUT2D eigenvalue weighted by Crippen LogP contribution is 2.23. The van der Waals surface area contributed by atoms with Crippen molar-refractivity contribution in [1.29, 1.82) is 0 Å². The number of ether oxygens (including phenoxy) is 4. The van der Waals surface area contributed by atoms with E-state index in [1.165, 1.54) is 13.8 Å². The maximum absolute atomic E-state index is 12.1. The lowest BCUT2D eigenvalue weighted by Crippen LogP contribution is -2.64. The van der Waals surface area contributed by atoms with E-state index in [0.29, 0.717) is 25.7 Å². The van der Waals surface area contributed by atoms with Crippen molar-refractivity contribution in [2.75, 3.05) is 39.5 Å². The number of aliphatic hydroxyl groups is 6. The standard InChI is InChI=1S/C29H52N4O14/c1-16(35)32-23-25(41)19(38)13-18(37)15-46-28(23)44-11-5-3-7-21(39)30-9-10-31-22(40)8-4-6-12-45-29-24(33-17(2)36)27(43)26(42)20(14-34)47-29/h18-20,23-29,34,37-38,41-43H,3-15H2,1-2H3,(H,30,39)(H,31,40)(H,32,35)(H,33,36)/t18?,19-,20?,23?,24?,25?,26-,27?,28+,29+/m0/s1. The van der Waals surface area contributed by atoms with E-state index >= 15 is 0 Å². The van der Waals surface area contributed by atoms with Gasteiger partial charge in [0.15, 0.2) is 12.6 Å². The van der Waals surface area contributed by atoms with Gasteiger partial charge in [-0.25, -0.2) is 0 Å². The fraction of sp³-hybridized carbons (Fsp3) is 0.862. The van der Waals surface area contributed by atoms with E-state index in [1.54, 1.807) is 0 Å². The number of rotatable bonds is 18. The summed E-state index contributed by atoms with van der Waals surface area (Å²) >= 11 is 0. The fourth-order valence-corrected chi connectivity index (χ4v) is 5.10. The third kappa shape index (κ3) is 14.6. The number of nitrogens with one attached hydrogen (secondary N) is 4. The first-order valence-electron chi connectivity index (χ1n) is 15.9. The first kappa shape index (κ1) is 40.7. The molecule has 6 unspecified atom stereocenters. The SMILES string of the molecule is CC(=O)NC1C(O)[C@@H](O)C(CO)O[C@H]1OCCCCC(=O)NCCNC(=O)CCCCO[C@@H]1OCC(O)C[C@H](O)C(O)C1NC(C)=O. The molecule has 2 rings (SSSR count). The average Bonchev–Trinajstić information content (AvgIpc) is 3.01. The van der Waals surface area contributed by atoms with E-state index in [0.717, 1.165) is 0 Å². The lowest BCUT2D eigenvalue weighted by Gasteiger charge is -2.42. The van der Waals surface area contributed by atoms with Crippen LogP contribution in [0.3, 0.4) is 0 Å². The highest BCUT2D eigenvalue weighted by atomic mass is 16.7. The molecule has 0 saturated carbocycles. The van der Waals surface area contributed by atoms with Gasteiger partial charge >= 0.3 is 0 Å². The first-order valence-corrected chi connectivity index (χ1v) is 15.9. The minimum atomic E-state index is -1.42. The Morgan fingerprint density at radius 3 is 1.74 bits per heavy atom. The van der Waals surface area contributed by atoms with Gasteiger partial charge < -0.3 is 70.9 Å². The predicted molar refractivity (Wildman–Crippen MR) is 161 cm³/mol. The minimum Gasteiger partial charge on any atom is -0.394 e. The topological polar surface area (TPSA) is 275 Å². The summed E-state index contributed by atoms with van der Waals surface area (Å²) in [6.45, 7) is 2.51. The van der Waals surface area contributed by atoms with Gasteiger partial charge in [-0.3, -0.25) is 19.2 Å². The van der Waals surface area contributed by atoms with Gasteiger partial charge in [0.2, 0.25) is 23.6 Å². The molecule has 47 heavy (non-hydrogen) atoms. The minimum absolute atomic E-state index is 0.119. The van der Waals surface area contributed by atoms with Crippen LogP contribution in [0.2, 0.25) is 0 Å². The molecule has 0 aromatic rings. The van der Waals surface area contributed by atoms with E-state index < -0.39 is 79.7 Å². The van der Waals surface area contributed by atoms with Crippen LogP contribution in [0.5, 0.6) is 0 Å². The molecule has 0 aliphatic carbocycles. The molecule has 0 spiro atoms. The molecule has 0 bridgehead atoms. The first-order chi connectivity index (χ1) is 22.3. The van der Waals surface area contributed by atoms with Crippen LogP contribution in [-0.2, 0) is 38.1 Å². The van der Waals surface area contributed by atoms with Gasteiger partial charge in [0, 0.05) is 59.4 Å². The van der Waals surface area contributed by atoms with Crippen molar-refractivity contribution in [1.82, 2.24) is 21.3 Å². The molecule has 10 atom stereocenters. The number of unbranched alkanes of at least 4 members (excludes halogenated alkanes) is 2. The van der Waals surface area contributed by atoms with E-state index in [4.69, 9.17) is 18.9 Å². The van der Waals surface area contributed by atoms with Crippen LogP contribution in [0.15, 0.2) is 0 Å². The van der Waals surface area contributed by atoms with E-state index in [1.807, 2.05) is 0 Å². The molecular weight excluding hydrogens is 628 g/mol. The van der Waals surface area contributed by atoms with Crippen LogP contribution in [0.1, 0.15) is 58.8 Å². The molecule has 0 aromatic heterocycles. The molecule has 18 heteroatoms. The van der Waals surface area contributed by atoms with Crippen molar-refractivity contribution < 1.29 is 68.8 Å². The molecule has 2 heterocycles. The second-order valence-electron chi connectivity index (χ2n) is 11.7. The monoisotopic (exact) mass is 680 g/mol. The molecule has 10 N–H and O–H groups in total. The van der Waals surface area contributed by atoms with Crippen LogP contribution < -0.4 is 21.3 Å². The zero-order valence-electron chi connectivity index (χ0n) is 26.9. The lowest BCUT2D eigenvalue weighted by atomic mass is 9.97. The maximum atomic E-state index is 12.1. The Balaban J connectivity index is 1.57.